The van der Waals surface area contributed by atoms with Gasteiger partial charge in [-0.05, 0) is 33.1 Å². The topological polar surface area (TPSA) is 40.6 Å². The molecule has 1 atom stereocenters. The molecule has 0 aromatic heterocycles. The Bertz CT molecular complexity index is 331. The summed E-state index contributed by atoms with van der Waals surface area (Å²) in [5.41, 5.74) is 1.34. The molecule has 1 aliphatic heterocycles. The Morgan fingerprint density at radius 3 is 2.37 bits per heavy atom. The SMILES string of the molecule is C/C=C(/C)CCC(CC)C(=O)N1CCN(C=O)CC1. The average Bonchev–Trinajstić information content (AvgIpc) is 2.47. The number of carbonyl (C=O) groups is 2. The first-order valence-electron chi connectivity index (χ1n) is 7.22. The molecule has 1 heterocycles. The second-order valence-electron chi connectivity index (χ2n) is 5.25. The lowest BCUT2D eigenvalue weighted by molar-refractivity contribution is -0.139. The van der Waals surface area contributed by atoms with Crippen molar-refractivity contribution in [1.29, 1.82) is 0 Å². The van der Waals surface area contributed by atoms with Crippen LogP contribution in [0, 0.1) is 5.92 Å². The Hall–Kier alpha value is -1.32. The van der Waals surface area contributed by atoms with Crippen LogP contribution < -0.4 is 0 Å². The molecule has 1 fully saturated rings. The fraction of sp³-hybridized carbons (Fsp3) is 0.733. The Morgan fingerprint density at radius 1 is 1.26 bits per heavy atom. The molecule has 4 heteroatoms. The van der Waals surface area contributed by atoms with Crippen LogP contribution in [0.2, 0.25) is 0 Å². The summed E-state index contributed by atoms with van der Waals surface area (Å²) in [4.78, 5) is 26.7. The highest BCUT2D eigenvalue weighted by Gasteiger charge is 2.25. The number of carbonyl (C=O) groups excluding carboxylic acids is 2. The number of hydrogen-bond acceptors (Lipinski definition) is 2. The van der Waals surface area contributed by atoms with Crippen LogP contribution in [0.25, 0.3) is 0 Å². The van der Waals surface area contributed by atoms with Gasteiger partial charge >= 0.3 is 0 Å². The Labute approximate surface area is 116 Å². The molecule has 1 rings (SSSR count). The highest BCUT2D eigenvalue weighted by Crippen LogP contribution is 2.18. The Balaban J connectivity index is 2.47. The predicted octanol–water partition coefficient (Wildman–Crippen LogP) is 2.06. The van der Waals surface area contributed by atoms with E-state index in [9.17, 15) is 9.59 Å². The van der Waals surface area contributed by atoms with Crippen molar-refractivity contribution in [1.82, 2.24) is 9.80 Å². The van der Waals surface area contributed by atoms with Gasteiger partial charge in [-0.1, -0.05) is 18.6 Å². The van der Waals surface area contributed by atoms with Crippen LogP contribution >= 0.6 is 0 Å². The Morgan fingerprint density at radius 2 is 1.89 bits per heavy atom. The van der Waals surface area contributed by atoms with Gasteiger partial charge in [-0.2, -0.15) is 0 Å². The first kappa shape index (κ1) is 15.7. The van der Waals surface area contributed by atoms with Crippen LogP contribution in [0.3, 0.4) is 0 Å². The van der Waals surface area contributed by atoms with Gasteiger partial charge in [0.05, 0.1) is 0 Å². The smallest absolute Gasteiger partial charge is 0.225 e. The third-order valence-electron chi connectivity index (χ3n) is 4.00. The zero-order valence-corrected chi connectivity index (χ0v) is 12.4. The third kappa shape index (κ3) is 4.69. The van der Waals surface area contributed by atoms with Crippen molar-refractivity contribution in [2.24, 2.45) is 5.92 Å². The van der Waals surface area contributed by atoms with E-state index in [1.54, 1.807) is 4.90 Å². The van der Waals surface area contributed by atoms with Crippen molar-refractivity contribution in [3.05, 3.63) is 11.6 Å². The summed E-state index contributed by atoms with van der Waals surface area (Å²) in [6.45, 7) is 8.92. The van der Waals surface area contributed by atoms with Gasteiger partial charge in [-0.3, -0.25) is 9.59 Å². The first-order valence-corrected chi connectivity index (χ1v) is 7.22. The second kappa shape index (κ2) is 7.97. The van der Waals surface area contributed by atoms with Crippen LogP contribution in [0.5, 0.6) is 0 Å². The lowest BCUT2D eigenvalue weighted by Gasteiger charge is -2.34. The van der Waals surface area contributed by atoms with E-state index in [0.29, 0.717) is 26.2 Å². The van der Waals surface area contributed by atoms with Gasteiger partial charge in [0.2, 0.25) is 12.3 Å². The third-order valence-corrected chi connectivity index (χ3v) is 4.00. The summed E-state index contributed by atoms with van der Waals surface area (Å²) in [6.07, 6.45) is 5.80. The van der Waals surface area contributed by atoms with E-state index in [-0.39, 0.29) is 11.8 Å². The summed E-state index contributed by atoms with van der Waals surface area (Å²) >= 11 is 0. The van der Waals surface area contributed by atoms with Gasteiger partial charge in [0.25, 0.3) is 0 Å². The number of piperazine rings is 1. The van der Waals surface area contributed by atoms with E-state index >= 15 is 0 Å². The fourth-order valence-electron chi connectivity index (χ4n) is 2.35. The van der Waals surface area contributed by atoms with E-state index < -0.39 is 0 Å². The van der Waals surface area contributed by atoms with E-state index in [4.69, 9.17) is 0 Å². The van der Waals surface area contributed by atoms with Gasteiger partial charge < -0.3 is 9.80 Å². The van der Waals surface area contributed by atoms with Crippen molar-refractivity contribution in [2.75, 3.05) is 26.2 Å². The van der Waals surface area contributed by atoms with E-state index in [0.717, 1.165) is 25.7 Å². The highest BCUT2D eigenvalue weighted by molar-refractivity contribution is 5.79. The molecule has 0 spiro atoms. The standard InChI is InChI=1S/C15H26N2O2/c1-4-13(3)6-7-14(5-2)15(19)17-10-8-16(12-18)9-11-17/h4,12,14H,5-11H2,1-3H3/b13-4-. The molecular formula is C15H26N2O2. The number of allylic oxidation sites excluding steroid dienone is 2. The summed E-state index contributed by atoms with van der Waals surface area (Å²) in [5.74, 6) is 0.384. The van der Waals surface area contributed by atoms with Gasteiger partial charge in [0.15, 0.2) is 0 Å². The van der Waals surface area contributed by atoms with Gasteiger partial charge in [-0.25, -0.2) is 0 Å². The maximum absolute atomic E-state index is 12.4. The maximum atomic E-state index is 12.4. The van der Waals surface area contributed by atoms with E-state index in [1.165, 1.54) is 5.57 Å². The van der Waals surface area contributed by atoms with Crippen molar-refractivity contribution >= 4 is 12.3 Å². The van der Waals surface area contributed by atoms with E-state index in [1.807, 2.05) is 11.8 Å². The molecule has 1 aliphatic rings. The van der Waals surface area contributed by atoms with Crippen molar-refractivity contribution in [3.8, 4) is 0 Å². The second-order valence-corrected chi connectivity index (χ2v) is 5.25. The minimum atomic E-state index is 0.123. The molecule has 1 saturated heterocycles. The normalized spacial score (nSPS) is 18.4. The molecule has 0 aromatic carbocycles. The summed E-state index contributed by atoms with van der Waals surface area (Å²) < 4.78 is 0. The molecule has 0 radical (unpaired) electrons. The zero-order chi connectivity index (χ0) is 14.3. The minimum absolute atomic E-state index is 0.123. The molecule has 0 bridgehead atoms. The largest absolute Gasteiger partial charge is 0.342 e. The van der Waals surface area contributed by atoms with Gasteiger partial charge in [0.1, 0.15) is 0 Å². The molecule has 19 heavy (non-hydrogen) atoms. The predicted molar refractivity (Wildman–Crippen MR) is 76.7 cm³/mol. The summed E-state index contributed by atoms with van der Waals surface area (Å²) in [5, 5.41) is 0. The van der Waals surface area contributed by atoms with Crippen LogP contribution in [0.1, 0.15) is 40.0 Å². The van der Waals surface area contributed by atoms with Crippen molar-refractivity contribution in [3.63, 3.8) is 0 Å². The summed E-state index contributed by atoms with van der Waals surface area (Å²) in [6, 6.07) is 0. The number of nitrogens with zero attached hydrogens (tertiary/aromatic N) is 2. The molecule has 1 unspecified atom stereocenters. The quantitative estimate of drug-likeness (QED) is 0.545. The number of amides is 2. The van der Waals surface area contributed by atoms with Gasteiger partial charge in [-0.15, -0.1) is 0 Å². The molecule has 2 amide bonds. The maximum Gasteiger partial charge on any atom is 0.225 e. The van der Waals surface area contributed by atoms with Gasteiger partial charge in [0, 0.05) is 32.1 Å². The molecular weight excluding hydrogens is 240 g/mol. The summed E-state index contributed by atoms with van der Waals surface area (Å²) in [7, 11) is 0. The highest BCUT2D eigenvalue weighted by atomic mass is 16.2. The zero-order valence-electron chi connectivity index (χ0n) is 12.4. The number of hydrogen-bond donors (Lipinski definition) is 0. The van der Waals surface area contributed by atoms with Crippen LogP contribution in [0.4, 0.5) is 0 Å². The molecule has 0 N–H and O–H groups in total. The Kier molecular flexibility index (Phi) is 6.60. The van der Waals surface area contributed by atoms with Crippen molar-refractivity contribution < 1.29 is 9.59 Å². The fourth-order valence-corrected chi connectivity index (χ4v) is 2.35. The monoisotopic (exact) mass is 266 g/mol. The van der Waals surface area contributed by atoms with Crippen LogP contribution in [0.15, 0.2) is 11.6 Å². The molecule has 0 aliphatic carbocycles. The number of rotatable bonds is 6. The lowest BCUT2D eigenvalue weighted by atomic mass is 9.96. The first-order chi connectivity index (χ1) is 9.12. The molecule has 0 saturated carbocycles. The van der Waals surface area contributed by atoms with Crippen LogP contribution in [-0.4, -0.2) is 48.3 Å². The van der Waals surface area contributed by atoms with Crippen LogP contribution in [-0.2, 0) is 9.59 Å². The molecule has 0 aromatic rings. The van der Waals surface area contributed by atoms with Crippen molar-refractivity contribution in [2.45, 2.75) is 40.0 Å². The minimum Gasteiger partial charge on any atom is -0.342 e. The molecule has 4 nitrogen and oxygen atoms in total. The molecule has 108 valence electrons. The average molecular weight is 266 g/mol. The lowest BCUT2D eigenvalue weighted by Crippen LogP contribution is -2.49. The van der Waals surface area contributed by atoms with E-state index in [2.05, 4.69) is 19.9 Å².